The van der Waals surface area contributed by atoms with Gasteiger partial charge in [-0.05, 0) is 45.6 Å². The number of ether oxygens (including phenoxy) is 1. The summed E-state index contributed by atoms with van der Waals surface area (Å²) < 4.78 is 5.42. The third-order valence-corrected chi connectivity index (χ3v) is 4.62. The number of carbonyl (C=O) groups excluding carboxylic acids is 1. The molecule has 0 atom stereocenters. The summed E-state index contributed by atoms with van der Waals surface area (Å²) in [5.74, 6) is 0.854. The van der Waals surface area contributed by atoms with Gasteiger partial charge in [-0.3, -0.25) is 4.98 Å². The molecule has 1 saturated heterocycles. The van der Waals surface area contributed by atoms with E-state index in [1.54, 1.807) is 17.3 Å². The highest BCUT2D eigenvalue weighted by Gasteiger charge is 2.24. The highest BCUT2D eigenvalue weighted by atomic mass is 16.6. The molecule has 2 aliphatic heterocycles. The van der Waals surface area contributed by atoms with Gasteiger partial charge in [0.2, 0.25) is 0 Å². The normalized spacial score (nSPS) is 19.3. The summed E-state index contributed by atoms with van der Waals surface area (Å²) in [5, 5.41) is 9.60. The van der Waals surface area contributed by atoms with Crippen LogP contribution in [-0.2, 0) is 4.74 Å². The summed E-state index contributed by atoms with van der Waals surface area (Å²) in [5.41, 5.74) is 1.49. The van der Waals surface area contributed by atoms with Gasteiger partial charge in [0.25, 0.3) is 0 Å². The van der Waals surface area contributed by atoms with Crippen LogP contribution in [0.15, 0.2) is 18.5 Å². The summed E-state index contributed by atoms with van der Waals surface area (Å²) >= 11 is 0. The molecular formula is C19H28N4O3. The van der Waals surface area contributed by atoms with Crippen molar-refractivity contribution >= 4 is 17.5 Å². The molecule has 1 fully saturated rings. The zero-order valence-corrected chi connectivity index (χ0v) is 15.8. The average molecular weight is 360 g/mol. The zero-order chi connectivity index (χ0) is 18.7. The molecule has 7 heteroatoms. The highest BCUT2D eigenvalue weighted by Crippen LogP contribution is 2.23. The zero-order valence-electron chi connectivity index (χ0n) is 15.8. The van der Waals surface area contributed by atoms with E-state index >= 15 is 0 Å². The number of anilines is 1. The van der Waals surface area contributed by atoms with Gasteiger partial charge in [-0.2, -0.15) is 0 Å². The van der Waals surface area contributed by atoms with Crippen molar-refractivity contribution < 1.29 is 14.6 Å². The number of aliphatic hydroxyl groups excluding tert-OH is 1. The molecule has 1 N–H and O–H groups in total. The summed E-state index contributed by atoms with van der Waals surface area (Å²) in [6.45, 7) is 8.38. The second-order valence-corrected chi connectivity index (χ2v) is 7.88. The van der Waals surface area contributed by atoms with Crippen molar-refractivity contribution in [3.63, 3.8) is 0 Å². The van der Waals surface area contributed by atoms with Crippen molar-refractivity contribution in [3.05, 3.63) is 24.2 Å². The number of hydrogen-bond donors (Lipinski definition) is 1. The largest absolute Gasteiger partial charge is 0.444 e. The van der Waals surface area contributed by atoms with E-state index in [1.165, 1.54) is 0 Å². The van der Waals surface area contributed by atoms with Crippen LogP contribution in [-0.4, -0.2) is 64.0 Å². The molecule has 1 aromatic rings. The van der Waals surface area contributed by atoms with Crippen LogP contribution >= 0.6 is 0 Å². The number of hydrogen-bond acceptors (Lipinski definition) is 6. The lowest BCUT2D eigenvalue weighted by Gasteiger charge is -2.30. The van der Waals surface area contributed by atoms with Crippen LogP contribution in [0.25, 0.3) is 5.57 Å². The number of rotatable bonds is 2. The van der Waals surface area contributed by atoms with Crippen LogP contribution in [0.2, 0.25) is 0 Å². The summed E-state index contributed by atoms with van der Waals surface area (Å²) in [6, 6.07) is 0. The molecule has 2 aliphatic rings. The average Bonchev–Trinajstić information content (AvgIpc) is 2.61. The fourth-order valence-electron chi connectivity index (χ4n) is 3.14. The standard InChI is InChI=1S/C19H28N4O3/c1-19(2,3)26-18(25)23-8-4-14(5-9-23)16-12-21-17(13-20-16)22-10-6-15(24)7-11-22/h4,12-13,15,24H,5-11H2,1-3H3. The maximum Gasteiger partial charge on any atom is 0.410 e. The number of carbonyl (C=O) groups is 1. The Morgan fingerprint density at radius 2 is 1.92 bits per heavy atom. The Kier molecular flexibility index (Phi) is 5.46. The van der Waals surface area contributed by atoms with Crippen molar-refractivity contribution in [2.75, 3.05) is 31.1 Å². The second-order valence-electron chi connectivity index (χ2n) is 7.88. The van der Waals surface area contributed by atoms with E-state index in [4.69, 9.17) is 4.74 Å². The minimum Gasteiger partial charge on any atom is -0.444 e. The Morgan fingerprint density at radius 3 is 2.46 bits per heavy atom. The second kappa shape index (κ2) is 7.61. The van der Waals surface area contributed by atoms with Crippen LogP contribution in [0, 0.1) is 0 Å². The quantitative estimate of drug-likeness (QED) is 0.873. The van der Waals surface area contributed by atoms with Crippen molar-refractivity contribution in [1.29, 1.82) is 0 Å². The lowest BCUT2D eigenvalue weighted by Crippen LogP contribution is -2.39. The molecule has 26 heavy (non-hydrogen) atoms. The third kappa shape index (κ3) is 4.72. The molecule has 0 spiro atoms. The van der Waals surface area contributed by atoms with Gasteiger partial charge >= 0.3 is 6.09 Å². The van der Waals surface area contributed by atoms with Crippen LogP contribution in [0.4, 0.5) is 10.6 Å². The van der Waals surface area contributed by atoms with E-state index < -0.39 is 5.60 Å². The molecule has 0 radical (unpaired) electrons. The Bertz CT molecular complexity index is 658. The molecule has 0 unspecified atom stereocenters. The molecule has 0 aliphatic carbocycles. The molecule has 0 saturated carbocycles. The lowest BCUT2D eigenvalue weighted by molar-refractivity contribution is 0.0270. The van der Waals surface area contributed by atoms with E-state index in [2.05, 4.69) is 14.9 Å². The van der Waals surface area contributed by atoms with E-state index in [9.17, 15) is 9.90 Å². The maximum absolute atomic E-state index is 12.1. The van der Waals surface area contributed by atoms with E-state index in [0.717, 1.165) is 49.4 Å². The Hall–Kier alpha value is -2.15. The smallest absolute Gasteiger partial charge is 0.410 e. The van der Waals surface area contributed by atoms with Crippen molar-refractivity contribution in [1.82, 2.24) is 14.9 Å². The first-order valence-electron chi connectivity index (χ1n) is 9.24. The number of amides is 1. The molecule has 3 heterocycles. The monoisotopic (exact) mass is 360 g/mol. The molecule has 1 aromatic heterocycles. The van der Waals surface area contributed by atoms with Gasteiger partial charge in [-0.1, -0.05) is 6.08 Å². The first-order chi connectivity index (χ1) is 12.3. The molecule has 3 rings (SSSR count). The number of nitrogens with zero attached hydrogens (tertiary/aromatic N) is 4. The van der Waals surface area contributed by atoms with Gasteiger partial charge in [0.05, 0.1) is 24.2 Å². The predicted molar refractivity (Wildman–Crippen MR) is 99.9 cm³/mol. The van der Waals surface area contributed by atoms with Gasteiger partial charge in [0, 0.05) is 26.2 Å². The van der Waals surface area contributed by atoms with Gasteiger partial charge < -0.3 is 19.6 Å². The van der Waals surface area contributed by atoms with Gasteiger partial charge in [0.1, 0.15) is 11.4 Å². The highest BCUT2D eigenvalue weighted by molar-refractivity contribution is 5.71. The lowest BCUT2D eigenvalue weighted by atomic mass is 10.1. The number of piperidine rings is 1. The topological polar surface area (TPSA) is 78.8 Å². The van der Waals surface area contributed by atoms with Crippen molar-refractivity contribution in [2.45, 2.75) is 51.7 Å². The predicted octanol–water partition coefficient (Wildman–Crippen LogP) is 2.46. The minimum absolute atomic E-state index is 0.196. The molecule has 0 bridgehead atoms. The van der Waals surface area contributed by atoms with Gasteiger partial charge in [-0.25, -0.2) is 9.78 Å². The Labute approximate surface area is 154 Å². The Balaban J connectivity index is 1.59. The maximum atomic E-state index is 12.1. The third-order valence-electron chi connectivity index (χ3n) is 4.62. The molecule has 142 valence electrons. The van der Waals surface area contributed by atoms with E-state index in [-0.39, 0.29) is 12.2 Å². The van der Waals surface area contributed by atoms with Crippen molar-refractivity contribution in [3.8, 4) is 0 Å². The number of aromatic nitrogens is 2. The minimum atomic E-state index is -0.479. The Morgan fingerprint density at radius 1 is 1.19 bits per heavy atom. The van der Waals surface area contributed by atoms with E-state index in [0.29, 0.717) is 13.1 Å². The molecular weight excluding hydrogens is 332 g/mol. The van der Waals surface area contributed by atoms with E-state index in [1.807, 2.05) is 26.8 Å². The van der Waals surface area contributed by atoms with Gasteiger partial charge in [-0.15, -0.1) is 0 Å². The number of aliphatic hydroxyl groups is 1. The first kappa shape index (κ1) is 18.6. The summed E-state index contributed by atoms with van der Waals surface area (Å²) in [6.07, 6.45) is 7.44. The van der Waals surface area contributed by atoms with Crippen LogP contribution in [0.3, 0.4) is 0 Å². The SMILES string of the molecule is CC(C)(C)OC(=O)N1CC=C(c2cnc(N3CCC(O)CC3)cn2)CC1. The fourth-order valence-corrected chi connectivity index (χ4v) is 3.14. The van der Waals surface area contributed by atoms with Crippen LogP contribution in [0.1, 0.15) is 45.7 Å². The van der Waals surface area contributed by atoms with Gasteiger partial charge in [0.15, 0.2) is 0 Å². The summed E-state index contributed by atoms with van der Waals surface area (Å²) in [4.78, 5) is 25.1. The molecule has 0 aromatic carbocycles. The fraction of sp³-hybridized carbons (Fsp3) is 0.632. The molecule has 7 nitrogen and oxygen atoms in total. The summed E-state index contributed by atoms with van der Waals surface area (Å²) in [7, 11) is 0. The first-order valence-corrected chi connectivity index (χ1v) is 9.24. The van der Waals surface area contributed by atoms with Crippen molar-refractivity contribution in [2.24, 2.45) is 0 Å². The molecule has 1 amide bonds. The van der Waals surface area contributed by atoms with Crippen LogP contribution < -0.4 is 4.90 Å². The van der Waals surface area contributed by atoms with Crippen LogP contribution in [0.5, 0.6) is 0 Å².